The van der Waals surface area contributed by atoms with E-state index in [0.29, 0.717) is 0 Å². The molecule has 0 aliphatic heterocycles. The van der Waals surface area contributed by atoms with E-state index in [1.165, 1.54) is 0 Å². The minimum Gasteiger partial charge on any atom is -0.454 e. The molecular weight excluding hydrogens is 462 g/mol. The Labute approximate surface area is 166 Å². The fourth-order valence-electron chi connectivity index (χ4n) is 2.51. The Morgan fingerprint density at radius 3 is 2.12 bits per heavy atom. The van der Waals surface area contributed by atoms with E-state index < -0.39 is 0 Å². The number of benzene rings is 3. The molecule has 4 aromatic rings. The number of aromatic amines is 1. The number of hydrogen-bond donors (Lipinski definition) is 1. The summed E-state index contributed by atoms with van der Waals surface area (Å²) in [7, 11) is 0. The third-order valence-corrected chi connectivity index (χ3v) is 5.75. The highest BCUT2D eigenvalue weighted by Crippen LogP contribution is 2.42. The lowest BCUT2D eigenvalue weighted by Gasteiger charge is -2.08. The van der Waals surface area contributed by atoms with Gasteiger partial charge in [0, 0.05) is 19.2 Å². The van der Waals surface area contributed by atoms with E-state index in [4.69, 9.17) is 4.74 Å². The van der Waals surface area contributed by atoms with Gasteiger partial charge in [-0.1, -0.05) is 55.8 Å². The number of nitrogens with one attached hydrogen (secondary N) is 1. The fourth-order valence-corrected chi connectivity index (χ4v) is 3.95. The van der Waals surface area contributed by atoms with Gasteiger partial charge in [-0.3, -0.25) is 0 Å². The van der Waals surface area contributed by atoms with Crippen molar-refractivity contribution < 1.29 is 4.74 Å². The summed E-state index contributed by atoms with van der Waals surface area (Å²) in [6, 6.07) is 24.3. The van der Waals surface area contributed by atoms with Gasteiger partial charge in [0.15, 0.2) is 5.75 Å². The Morgan fingerprint density at radius 2 is 1.40 bits per heavy atom. The molecule has 0 unspecified atom stereocenters. The van der Waals surface area contributed by atoms with Crippen LogP contribution in [0, 0.1) is 0 Å². The summed E-state index contributed by atoms with van der Waals surface area (Å²) in [6.07, 6.45) is 0. The maximum Gasteiger partial charge on any atom is 0.167 e. The lowest BCUT2D eigenvalue weighted by molar-refractivity contribution is 0.475. The van der Waals surface area contributed by atoms with Crippen molar-refractivity contribution in [3.05, 3.63) is 81.7 Å². The van der Waals surface area contributed by atoms with Crippen LogP contribution in [0.3, 0.4) is 0 Å². The van der Waals surface area contributed by atoms with Crippen molar-refractivity contribution in [2.24, 2.45) is 0 Å². The predicted molar refractivity (Wildman–Crippen MR) is 111 cm³/mol. The normalized spacial score (nSPS) is 11.0. The summed E-state index contributed by atoms with van der Waals surface area (Å²) < 4.78 is 8.33. The zero-order valence-electron chi connectivity index (χ0n) is 13.0. The summed E-state index contributed by atoms with van der Waals surface area (Å²) in [5.74, 6) is 1.66. The third-order valence-electron chi connectivity index (χ3n) is 3.69. The van der Waals surface area contributed by atoms with Gasteiger partial charge in [-0.05, 0) is 60.7 Å². The van der Waals surface area contributed by atoms with Gasteiger partial charge >= 0.3 is 0 Å². The SMILES string of the molecule is Brc1ccc(Oc2c(Sc3ccc(Br)cc3)[nH]c3ccccc23)cc1. The second-order valence-corrected chi connectivity index (χ2v) is 8.36. The van der Waals surface area contributed by atoms with Crippen LogP contribution in [-0.4, -0.2) is 4.98 Å². The molecule has 4 rings (SSSR count). The quantitative estimate of drug-likeness (QED) is 0.328. The topological polar surface area (TPSA) is 25.0 Å². The monoisotopic (exact) mass is 473 g/mol. The molecule has 0 amide bonds. The minimum atomic E-state index is 0.811. The van der Waals surface area contributed by atoms with E-state index in [1.54, 1.807) is 11.8 Å². The largest absolute Gasteiger partial charge is 0.454 e. The molecule has 1 heterocycles. The molecule has 0 fully saturated rings. The summed E-state index contributed by atoms with van der Waals surface area (Å²) in [5, 5.41) is 2.07. The summed E-state index contributed by atoms with van der Waals surface area (Å²) in [5.41, 5.74) is 1.06. The average Bonchev–Trinajstić information content (AvgIpc) is 2.96. The molecule has 0 atom stereocenters. The molecule has 0 saturated carbocycles. The molecule has 1 aromatic heterocycles. The van der Waals surface area contributed by atoms with E-state index in [9.17, 15) is 0 Å². The minimum absolute atomic E-state index is 0.811. The molecule has 0 bridgehead atoms. The predicted octanol–water partition coefficient (Wildman–Crippen LogP) is 7.64. The highest BCUT2D eigenvalue weighted by molar-refractivity contribution is 9.10. The second-order valence-electron chi connectivity index (χ2n) is 5.44. The Balaban J connectivity index is 1.74. The smallest absolute Gasteiger partial charge is 0.167 e. The fraction of sp³-hybridized carbons (Fsp3) is 0. The number of ether oxygens (including phenoxy) is 1. The molecule has 1 N–H and O–H groups in total. The molecule has 2 nitrogen and oxygen atoms in total. The van der Waals surface area contributed by atoms with E-state index in [2.05, 4.69) is 61.1 Å². The van der Waals surface area contributed by atoms with Gasteiger partial charge in [0.2, 0.25) is 0 Å². The molecule has 0 aliphatic rings. The first kappa shape index (κ1) is 16.8. The Morgan fingerprint density at radius 1 is 0.760 bits per heavy atom. The van der Waals surface area contributed by atoms with Crippen LogP contribution in [0.1, 0.15) is 0 Å². The van der Waals surface area contributed by atoms with Crippen LogP contribution in [0.5, 0.6) is 11.5 Å². The van der Waals surface area contributed by atoms with Crippen molar-refractivity contribution >= 4 is 54.5 Å². The molecule has 3 aromatic carbocycles. The molecule has 0 aliphatic carbocycles. The number of para-hydroxylation sites is 1. The van der Waals surface area contributed by atoms with Crippen LogP contribution in [0.25, 0.3) is 10.9 Å². The Kier molecular flexibility index (Phi) is 4.88. The average molecular weight is 475 g/mol. The van der Waals surface area contributed by atoms with Crippen LogP contribution in [0.2, 0.25) is 0 Å². The molecule has 0 saturated heterocycles. The number of halogens is 2. The Hall–Kier alpha value is -1.69. The van der Waals surface area contributed by atoms with Crippen LogP contribution < -0.4 is 4.74 Å². The number of rotatable bonds is 4. The maximum atomic E-state index is 6.23. The first-order valence-corrected chi connectivity index (χ1v) is 10.1. The number of fused-ring (bicyclic) bond motifs is 1. The van der Waals surface area contributed by atoms with Gasteiger partial charge in [-0.25, -0.2) is 0 Å². The highest BCUT2D eigenvalue weighted by atomic mass is 79.9. The van der Waals surface area contributed by atoms with Gasteiger partial charge in [0.1, 0.15) is 10.8 Å². The van der Waals surface area contributed by atoms with Crippen molar-refractivity contribution in [2.75, 3.05) is 0 Å². The first-order chi connectivity index (χ1) is 12.2. The lowest BCUT2D eigenvalue weighted by atomic mass is 10.2. The number of aromatic nitrogens is 1. The van der Waals surface area contributed by atoms with Crippen LogP contribution in [-0.2, 0) is 0 Å². The van der Waals surface area contributed by atoms with Crippen molar-refractivity contribution in [2.45, 2.75) is 9.92 Å². The van der Waals surface area contributed by atoms with Gasteiger partial charge in [-0.2, -0.15) is 0 Å². The molecule has 5 heteroatoms. The van der Waals surface area contributed by atoms with Gasteiger partial charge in [0.05, 0.1) is 5.52 Å². The Bertz CT molecular complexity index is 1010. The van der Waals surface area contributed by atoms with Crippen molar-refractivity contribution in [1.29, 1.82) is 0 Å². The highest BCUT2D eigenvalue weighted by Gasteiger charge is 2.15. The van der Waals surface area contributed by atoms with Gasteiger partial charge in [0.25, 0.3) is 0 Å². The van der Waals surface area contributed by atoms with Crippen molar-refractivity contribution in [1.82, 2.24) is 4.98 Å². The van der Waals surface area contributed by atoms with Gasteiger partial charge < -0.3 is 9.72 Å². The molecule has 0 spiro atoms. The van der Waals surface area contributed by atoms with E-state index in [0.717, 1.165) is 41.3 Å². The molecular formula is C20H13Br2NOS. The zero-order valence-corrected chi connectivity index (χ0v) is 17.0. The van der Waals surface area contributed by atoms with E-state index in [1.807, 2.05) is 48.5 Å². The number of hydrogen-bond acceptors (Lipinski definition) is 2. The van der Waals surface area contributed by atoms with Crippen molar-refractivity contribution in [3.63, 3.8) is 0 Å². The molecule has 0 radical (unpaired) electrons. The van der Waals surface area contributed by atoms with Crippen LogP contribution in [0.4, 0.5) is 0 Å². The first-order valence-electron chi connectivity index (χ1n) is 7.66. The van der Waals surface area contributed by atoms with Crippen LogP contribution in [0.15, 0.2) is 91.7 Å². The zero-order chi connectivity index (χ0) is 17.2. The molecule has 124 valence electrons. The maximum absolute atomic E-state index is 6.23. The third kappa shape index (κ3) is 3.78. The summed E-state index contributed by atoms with van der Waals surface area (Å²) in [6.45, 7) is 0. The summed E-state index contributed by atoms with van der Waals surface area (Å²) >= 11 is 8.60. The lowest BCUT2D eigenvalue weighted by Crippen LogP contribution is -1.85. The van der Waals surface area contributed by atoms with E-state index >= 15 is 0 Å². The van der Waals surface area contributed by atoms with Gasteiger partial charge in [-0.15, -0.1) is 0 Å². The standard InChI is InChI=1S/C20H13Br2NOS/c21-13-5-9-15(10-6-13)24-19-17-3-1-2-4-18(17)23-20(19)25-16-11-7-14(22)8-12-16/h1-12,23H. The van der Waals surface area contributed by atoms with Crippen LogP contribution >= 0.6 is 43.6 Å². The van der Waals surface area contributed by atoms with Crippen molar-refractivity contribution in [3.8, 4) is 11.5 Å². The summed E-state index contributed by atoms with van der Waals surface area (Å²) in [4.78, 5) is 4.62. The second kappa shape index (κ2) is 7.28. The molecule has 25 heavy (non-hydrogen) atoms. The van der Waals surface area contributed by atoms with E-state index in [-0.39, 0.29) is 0 Å². The number of H-pyrrole nitrogens is 1.